The number of carbonyl (C=O) groups excluding carboxylic acids is 1. The minimum absolute atomic E-state index is 0.0765. The number of fused-ring (bicyclic) bond motifs is 1. The standard InChI is InChI=1S/C24H25F3N4O4/c1-13(17-11-18-20(28-14(2)29-21(18)32)30-19(17)24(25,26)27)35-16-7-5-15(6-8-16)22(33)31-10-4-9-23(3,34)12-31/h5-8,11,13,34H,4,9-10,12H2,1-3H3,(H,28,29,30,32)/t13-,23-/m0/s1. The number of H-pyrrole nitrogens is 1. The van der Waals surface area contributed by atoms with E-state index in [1.165, 1.54) is 38.1 Å². The van der Waals surface area contributed by atoms with Gasteiger partial charge in [-0.3, -0.25) is 9.59 Å². The number of β-amino-alcohol motifs (C(OH)–C–C–N with tert-alkyl or cyclic N) is 1. The lowest BCUT2D eigenvalue weighted by Gasteiger charge is -2.36. The zero-order valence-electron chi connectivity index (χ0n) is 19.4. The summed E-state index contributed by atoms with van der Waals surface area (Å²) in [6, 6.07) is 7.13. The van der Waals surface area contributed by atoms with Gasteiger partial charge in [0.25, 0.3) is 11.5 Å². The minimum Gasteiger partial charge on any atom is -0.486 e. The lowest BCUT2D eigenvalue weighted by atomic mass is 9.94. The zero-order valence-corrected chi connectivity index (χ0v) is 19.4. The quantitative estimate of drug-likeness (QED) is 0.577. The predicted molar refractivity (Wildman–Crippen MR) is 121 cm³/mol. The number of benzene rings is 1. The van der Waals surface area contributed by atoms with Crippen molar-refractivity contribution in [1.82, 2.24) is 19.9 Å². The van der Waals surface area contributed by atoms with Crippen molar-refractivity contribution in [1.29, 1.82) is 0 Å². The number of nitrogens with one attached hydrogen (secondary N) is 1. The van der Waals surface area contributed by atoms with Gasteiger partial charge in [0.2, 0.25) is 0 Å². The molecule has 3 heterocycles. The summed E-state index contributed by atoms with van der Waals surface area (Å²) in [7, 11) is 0. The van der Waals surface area contributed by atoms with Crippen LogP contribution in [0.15, 0.2) is 35.1 Å². The minimum atomic E-state index is -4.79. The summed E-state index contributed by atoms with van der Waals surface area (Å²) in [5, 5.41) is 10.2. The van der Waals surface area contributed by atoms with E-state index >= 15 is 0 Å². The topological polar surface area (TPSA) is 108 Å². The van der Waals surface area contributed by atoms with E-state index < -0.39 is 29.1 Å². The van der Waals surface area contributed by atoms with Crippen molar-refractivity contribution >= 4 is 16.9 Å². The molecule has 1 aliphatic heterocycles. The van der Waals surface area contributed by atoms with Crippen molar-refractivity contribution in [2.45, 2.75) is 51.5 Å². The van der Waals surface area contributed by atoms with Crippen molar-refractivity contribution < 1.29 is 27.8 Å². The van der Waals surface area contributed by atoms with Gasteiger partial charge in [-0.2, -0.15) is 13.2 Å². The molecule has 2 aromatic heterocycles. The number of halogens is 3. The molecule has 0 aliphatic carbocycles. The van der Waals surface area contributed by atoms with E-state index in [-0.39, 0.29) is 40.6 Å². The number of aromatic amines is 1. The molecule has 1 amide bonds. The smallest absolute Gasteiger partial charge is 0.433 e. The van der Waals surface area contributed by atoms with Crippen LogP contribution in [0.5, 0.6) is 5.75 Å². The maximum Gasteiger partial charge on any atom is 0.433 e. The Labute approximate surface area is 198 Å². The summed E-state index contributed by atoms with van der Waals surface area (Å²) in [4.78, 5) is 36.6. The molecule has 11 heteroatoms. The van der Waals surface area contributed by atoms with Crippen molar-refractivity contribution in [2.75, 3.05) is 13.1 Å². The van der Waals surface area contributed by atoms with E-state index in [9.17, 15) is 27.9 Å². The Balaban J connectivity index is 1.59. The Hall–Kier alpha value is -3.47. The number of alkyl halides is 3. The number of aromatic nitrogens is 3. The van der Waals surface area contributed by atoms with Gasteiger partial charge in [0, 0.05) is 24.2 Å². The monoisotopic (exact) mass is 490 g/mol. The maximum absolute atomic E-state index is 13.8. The van der Waals surface area contributed by atoms with Gasteiger partial charge in [-0.15, -0.1) is 0 Å². The number of piperidine rings is 1. The third kappa shape index (κ3) is 5.29. The molecule has 4 rings (SSSR count). The second-order valence-corrected chi connectivity index (χ2v) is 9.06. The highest BCUT2D eigenvalue weighted by atomic mass is 19.4. The Bertz CT molecular complexity index is 1320. The predicted octanol–water partition coefficient (Wildman–Crippen LogP) is 3.77. The van der Waals surface area contributed by atoms with Crippen LogP contribution in [0.3, 0.4) is 0 Å². The molecule has 1 saturated heterocycles. The molecule has 1 aromatic carbocycles. The number of rotatable bonds is 4. The summed E-state index contributed by atoms with van der Waals surface area (Å²) in [6.45, 7) is 5.32. The number of amides is 1. The molecule has 0 radical (unpaired) electrons. The van der Waals surface area contributed by atoms with Crippen LogP contribution in [0.1, 0.15) is 60.2 Å². The molecule has 3 aromatic rings. The first kappa shape index (κ1) is 24.6. The highest BCUT2D eigenvalue weighted by Crippen LogP contribution is 2.36. The summed E-state index contributed by atoms with van der Waals surface area (Å²) in [5.41, 5.74) is -2.95. The summed E-state index contributed by atoms with van der Waals surface area (Å²) < 4.78 is 47.0. The lowest BCUT2D eigenvalue weighted by Crippen LogP contribution is -2.48. The molecule has 0 unspecified atom stereocenters. The van der Waals surface area contributed by atoms with Crippen LogP contribution in [-0.4, -0.2) is 49.6 Å². The van der Waals surface area contributed by atoms with Gasteiger partial charge in [-0.25, -0.2) is 9.97 Å². The van der Waals surface area contributed by atoms with Crippen molar-refractivity contribution in [3.63, 3.8) is 0 Å². The SMILES string of the molecule is Cc1nc2nc(C(F)(F)F)c([C@H](C)Oc3ccc(C(=O)N4CCC[C@](C)(O)C4)cc3)cc2c(=O)[nH]1. The number of hydrogen-bond donors (Lipinski definition) is 2. The third-order valence-corrected chi connectivity index (χ3v) is 5.93. The number of aryl methyl sites for hydroxylation is 1. The highest BCUT2D eigenvalue weighted by Gasteiger charge is 2.38. The maximum atomic E-state index is 13.8. The lowest BCUT2D eigenvalue weighted by molar-refractivity contribution is -0.142. The van der Waals surface area contributed by atoms with E-state index in [1.807, 2.05) is 0 Å². The molecule has 8 nitrogen and oxygen atoms in total. The molecule has 2 N–H and O–H groups in total. The Kier molecular flexibility index (Phi) is 6.31. The number of ether oxygens (including phenoxy) is 1. The second kappa shape index (κ2) is 8.95. The van der Waals surface area contributed by atoms with E-state index in [4.69, 9.17) is 4.74 Å². The fourth-order valence-corrected chi connectivity index (χ4v) is 4.25. The molecule has 0 bridgehead atoms. The first-order chi connectivity index (χ1) is 16.3. The van der Waals surface area contributed by atoms with E-state index in [0.29, 0.717) is 24.9 Å². The molecule has 2 atom stereocenters. The first-order valence-corrected chi connectivity index (χ1v) is 11.1. The van der Waals surface area contributed by atoms with Crippen molar-refractivity contribution in [3.8, 4) is 5.75 Å². The van der Waals surface area contributed by atoms with E-state index in [1.54, 1.807) is 11.8 Å². The molecule has 0 saturated carbocycles. The Morgan fingerprint density at radius 3 is 2.57 bits per heavy atom. The van der Waals surface area contributed by atoms with Gasteiger partial charge in [0.05, 0.1) is 11.0 Å². The van der Waals surface area contributed by atoms with Gasteiger partial charge in [-0.05, 0) is 63.9 Å². The highest BCUT2D eigenvalue weighted by molar-refractivity contribution is 5.94. The van der Waals surface area contributed by atoms with Gasteiger partial charge in [0.1, 0.15) is 17.7 Å². The molecular weight excluding hydrogens is 465 g/mol. The summed E-state index contributed by atoms with van der Waals surface area (Å²) >= 11 is 0. The fraction of sp³-hybridized carbons (Fsp3) is 0.417. The first-order valence-electron chi connectivity index (χ1n) is 11.1. The van der Waals surface area contributed by atoms with Crippen LogP contribution in [0.2, 0.25) is 0 Å². The van der Waals surface area contributed by atoms with Crippen LogP contribution >= 0.6 is 0 Å². The second-order valence-electron chi connectivity index (χ2n) is 9.06. The normalized spacial score (nSPS) is 19.6. The molecule has 186 valence electrons. The molecular formula is C24H25F3N4O4. The van der Waals surface area contributed by atoms with Crippen LogP contribution < -0.4 is 10.3 Å². The van der Waals surface area contributed by atoms with Crippen molar-refractivity contribution in [3.05, 3.63) is 63.3 Å². The largest absolute Gasteiger partial charge is 0.486 e. The number of likely N-dealkylation sites (tertiary alicyclic amines) is 1. The third-order valence-electron chi connectivity index (χ3n) is 5.93. The average molecular weight is 490 g/mol. The summed E-state index contributed by atoms with van der Waals surface area (Å²) in [6.07, 6.45) is -4.59. The van der Waals surface area contributed by atoms with Crippen LogP contribution in [0.25, 0.3) is 11.0 Å². The number of aliphatic hydroxyl groups is 1. The van der Waals surface area contributed by atoms with Gasteiger partial charge in [-0.1, -0.05) is 0 Å². The Morgan fingerprint density at radius 2 is 1.94 bits per heavy atom. The van der Waals surface area contributed by atoms with Crippen LogP contribution in [0, 0.1) is 6.92 Å². The number of nitrogens with zero attached hydrogens (tertiary/aromatic N) is 3. The van der Waals surface area contributed by atoms with E-state index in [0.717, 1.165) is 6.07 Å². The number of carbonyl (C=O) groups is 1. The Morgan fingerprint density at radius 1 is 1.26 bits per heavy atom. The number of pyridine rings is 1. The molecule has 35 heavy (non-hydrogen) atoms. The van der Waals surface area contributed by atoms with Crippen molar-refractivity contribution in [2.24, 2.45) is 0 Å². The van der Waals surface area contributed by atoms with Gasteiger partial charge >= 0.3 is 6.18 Å². The molecule has 1 fully saturated rings. The van der Waals surface area contributed by atoms with Gasteiger partial charge < -0.3 is 19.7 Å². The molecule has 1 aliphatic rings. The van der Waals surface area contributed by atoms with Gasteiger partial charge in [0.15, 0.2) is 11.3 Å². The molecule has 0 spiro atoms. The average Bonchev–Trinajstić information content (AvgIpc) is 2.77. The van der Waals surface area contributed by atoms with Crippen LogP contribution in [-0.2, 0) is 6.18 Å². The van der Waals surface area contributed by atoms with E-state index in [2.05, 4.69) is 15.0 Å². The van der Waals surface area contributed by atoms with Crippen LogP contribution in [0.4, 0.5) is 13.2 Å². The summed E-state index contributed by atoms with van der Waals surface area (Å²) in [5.74, 6) is 0.150. The fourth-order valence-electron chi connectivity index (χ4n) is 4.25. The number of hydrogen-bond acceptors (Lipinski definition) is 6. The zero-order chi connectivity index (χ0) is 25.5.